The van der Waals surface area contributed by atoms with Crippen molar-refractivity contribution >= 4 is 21.0 Å². The Hall–Kier alpha value is -0.660. The summed E-state index contributed by atoms with van der Waals surface area (Å²) in [6, 6.07) is 5.98. The number of aromatic nitrogens is 1. The molecule has 0 bridgehead atoms. The van der Waals surface area contributed by atoms with Crippen LogP contribution in [0.2, 0.25) is 0 Å². The van der Waals surface area contributed by atoms with Gasteiger partial charge in [-0.2, -0.15) is 8.42 Å². The van der Waals surface area contributed by atoms with Gasteiger partial charge in [0.1, 0.15) is 16.2 Å². The summed E-state index contributed by atoms with van der Waals surface area (Å²) in [6.07, 6.45) is 1.54. The molecule has 0 atom stereocenters. The summed E-state index contributed by atoms with van der Waals surface area (Å²) in [5, 5.41) is 0.348. The van der Waals surface area contributed by atoms with Crippen molar-refractivity contribution in [3.8, 4) is 5.75 Å². The summed E-state index contributed by atoms with van der Waals surface area (Å²) in [6.45, 7) is 2.28. The maximum Gasteiger partial charge on any atom is 1.00 e. The SMILES string of the molecule is CCOc1ccc(S(=O)(=O)O)c2cccnc12.[H-].[Na+]. The number of hydrogen-bond donors (Lipinski definition) is 1. The molecule has 0 aliphatic rings. The molecule has 0 aliphatic carbocycles. The molecule has 1 heterocycles. The van der Waals surface area contributed by atoms with Crippen LogP contribution in [0.5, 0.6) is 5.75 Å². The van der Waals surface area contributed by atoms with Gasteiger partial charge >= 0.3 is 29.6 Å². The third-order valence-electron chi connectivity index (χ3n) is 2.27. The number of fused-ring (bicyclic) bond motifs is 1. The van der Waals surface area contributed by atoms with Gasteiger partial charge in [0.25, 0.3) is 10.1 Å². The molecule has 2 rings (SSSR count). The second-order valence-corrected chi connectivity index (χ2v) is 4.76. The summed E-state index contributed by atoms with van der Waals surface area (Å²) >= 11 is 0. The number of hydrogen-bond acceptors (Lipinski definition) is 4. The van der Waals surface area contributed by atoms with Crippen LogP contribution in [0.1, 0.15) is 8.35 Å². The number of rotatable bonds is 3. The molecule has 0 unspecified atom stereocenters. The Morgan fingerprint density at radius 1 is 1.39 bits per heavy atom. The molecule has 1 N–H and O–H groups in total. The van der Waals surface area contributed by atoms with Gasteiger partial charge in [-0.25, -0.2) is 0 Å². The van der Waals surface area contributed by atoms with Gasteiger partial charge in [-0.3, -0.25) is 9.54 Å². The van der Waals surface area contributed by atoms with Gasteiger partial charge in [0.05, 0.1) is 6.61 Å². The van der Waals surface area contributed by atoms with E-state index in [0.717, 1.165) is 0 Å². The normalized spacial score (nSPS) is 11.0. The van der Waals surface area contributed by atoms with E-state index in [2.05, 4.69) is 4.98 Å². The second-order valence-electron chi connectivity index (χ2n) is 3.37. The van der Waals surface area contributed by atoms with Crippen LogP contribution in [-0.4, -0.2) is 24.6 Å². The fraction of sp³-hybridized carbons (Fsp3) is 0.182. The van der Waals surface area contributed by atoms with Crippen LogP contribution in [0, 0.1) is 0 Å². The summed E-state index contributed by atoms with van der Waals surface area (Å²) in [4.78, 5) is 3.91. The van der Waals surface area contributed by atoms with E-state index in [1.165, 1.54) is 12.1 Å². The maximum atomic E-state index is 11.2. The van der Waals surface area contributed by atoms with E-state index in [1.54, 1.807) is 18.3 Å². The first kappa shape index (κ1) is 15.4. The fourth-order valence-electron chi connectivity index (χ4n) is 1.62. The summed E-state index contributed by atoms with van der Waals surface area (Å²) in [7, 11) is -4.26. The molecule has 0 spiro atoms. The van der Waals surface area contributed by atoms with Crippen LogP contribution in [-0.2, 0) is 10.1 Å². The van der Waals surface area contributed by atoms with E-state index in [9.17, 15) is 8.42 Å². The number of nitrogens with zero attached hydrogens (tertiary/aromatic N) is 1. The first-order valence-electron chi connectivity index (χ1n) is 5.02. The van der Waals surface area contributed by atoms with Crippen molar-refractivity contribution in [1.29, 1.82) is 0 Å². The van der Waals surface area contributed by atoms with Crippen LogP contribution in [0.3, 0.4) is 0 Å². The molecular weight excluding hydrogens is 265 g/mol. The Morgan fingerprint density at radius 2 is 2.11 bits per heavy atom. The molecule has 92 valence electrons. The molecule has 0 fully saturated rings. The molecule has 1 aromatic carbocycles. The summed E-state index contributed by atoms with van der Waals surface area (Å²) < 4.78 is 36.9. The topological polar surface area (TPSA) is 76.5 Å². The van der Waals surface area contributed by atoms with E-state index >= 15 is 0 Å². The molecular formula is C11H12NNaO4S. The minimum atomic E-state index is -4.26. The van der Waals surface area contributed by atoms with Crippen molar-refractivity contribution in [2.45, 2.75) is 11.8 Å². The standard InChI is InChI=1S/C11H11NO4S.Na.H/c1-2-16-9-5-6-10(17(13,14)15)8-4-3-7-12-11(8)9;;/h3-7H,2H2,1H3,(H,13,14,15);;/q;+1;-1. The van der Waals surface area contributed by atoms with Crippen molar-refractivity contribution in [2.75, 3.05) is 6.61 Å². The first-order chi connectivity index (χ1) is 8.04. The molecule has 0 aliphatic heterocycles. The Balaban J connectivity index is 0.00000162. The number of pyridine rings is 1. The van der Waals surface area contributed by atoms with Gasteiger partial charge in [-0.05, 0) is 31.2 Å². The molecule has 5 nitrogen and oxygen atoms in total. The van der Waals surface area contributed by atoms with Crippen LogP contribution >= 0.6 is 0 Å². The van der Waals surface area contributed by atoms with Crippen molar-refractivity contribution < 1.29 is 48.7 Å². The monoisotopic (exact) mass is 277 g/mol. The average Bonchev–Trinajstić information content (AvgIpc) is 2.28. The molecule has 18 heavy (non-hydrogen) atoms. The van der Waals surface area contributed by atoms with Gasteiger partial charge in [-0.1, -0.05) is 0 Å². The van der Waals surface area contributed by atoms with E-state index in [4.69, 9.17) is 9.29 Å². The molecule has 1 aromatic heterocycles. The molecule has 0 radical (unpaired) electrons. The van der Waals surface area contributed by atoms with Gasteiger partial charge in [0, 0.05) is 11.6 Å². The predicted molar refractivity (Wildman–Crippen MR) is 63.8 cm³/mol. The quantitative estimate of drug-likeness (QED) is 0.575. The van der Waals surface area contributed by atoms with Gasteiger partial charge in [-0.15, -0.1) is 0 Å². The minimum Gasteiger partial charge on any atom is -1.00 e. The smallest absolute Gasteiger partial charge is 1.00 e. The largest absolute Gasteiger partial charge is 1.00 e. The van der Waals surface area contributed by atoms with Crippen LogP contribution < -0.4 is 34.3 Å². The van der Waals surface area contributed by atoms with Crippen molar-refractivity contribution in [2.24, 2.45) is 0 Å². The molecule has 7 heteroatoms. The first-order valence-corrected chi connectivity index (χ1v) is 6.46. The van der Waals surface area contributed by atoms with E-state index in [-0.39, 0.29) is 35.9 Å². The van der Waals surface area contributed by atoms with E-state index in [0.29, 0.717) is 23.3 Å². The van der Waals surface area contributed by atoms with Crippen molar-refractivity contribution in [3.63, 3.8) is 0 Å². The predicted octanol–water partition coefficient (Wildman–Crippen LogP) is -1.00. The summed E-state index contributed by atoms with van der Waals surface area (Å²) in [5.41, 5.74) is 0.421. The fourth-order valence-corrected chi connectivity index (χ4v) is 2.30. The number of benzene rings is 1. The summed E-state index contributed by atoms with van der Waals surface area (Å²) in [5.74, 6) is 0.496. The van der Waals surface area contributed by atoms with Gasteiger partial charge in [0.15, 0.2) is 0 Å². The Labute approximate surface area is 129 Å². The van der Waals surface area contributed by atoms with Crippen LogP contribution in [0.25, 0.3) is 10.9 Å². The number of ether oxygens (including phenoxy) is 1. The Morgan fingerprint density at radius 3 is 2.72 bits per heavy atom. The average molecular weight is 277 g/mol. The van der Waals surface area contributed by atoms with Crippen molar-refractivity contribution in [1.82, 2.24) is 4.98 Å². The zero-order valence-electron chi connectivity index (χ0n) is 11.1. The van der Waals surface area contributed by atoms with Gasteiger partial charge < -0.3 is 6.16 Å². The second kappa shape index (κ2) is 5.99. The minimum absolute atomic E-state index is 0. The van der Waals surface area contributed by atoms with Crippen LogP contribution in [0.4, 0.5) is 0 Å². The van der Waals surface area contributed by atoms with E-state index < -0.39 is 10.1 Å². The molecule has 2 aromatic rings. The van der Waals surface area contributed by atoms with Crippen molar-refractivity contribution in [3.05, 3.63) is 30.5 Å². The zero-order chi connectivity index (χ0) is 12.5. The van der Waals surface area contributed by atoms with Crippen LogP contribution in [0.15, 0.2) is 35.4 Å². The molecule has 0 saturated heterocycles. The molecule has 0 amide bonds. The third kappa shape index (κ3) is 3.02. The van der Waals surface area contributed by atoms with Gasteiger partial charge in [0.2, 0.25) is 0 Å². The zero-order valence-corrected chi connectivity index (χ0v) is 12.9. The Bertz CT molecular complexity index is 663. The van der Waals surface area contributed by atoms with E-state index in [1.807, 2.05) is 6.92 Å². The third-order valence-corrected chi connectivity index (χ3v) is 3.18. The maximum absolute atomic E-state index is 11.2. The molecule has 0 saturated carbocycles. The Kier molecular flexibility index (Phi) is 5.12.